The lowest BCUT2D eigenvalue weighted by atomic mass is 9.73. The third-order valence-electron chi connectivity index (χ3n) is 5.03. The van der Waals surface area contributed by atoms with Crippen LogP contribution in [0, 0.1) is 0 Å². The molecule has 2 aromatic rings. The first-order valence-electron chi connectivity index (χ1n) is 9.12. The summed E-state index contributed by atoms with van der Waals surface area (Å²) in [5.41, 5.74) is 1.50. The zero-order chi connectivity index (χ0) is 19.9. The highest BCUT2D eigenvalue weighted by atomic mass is 16.5. The molecule has 0 aromatic heterocycles. The van der Waals surface area contributed by atoms with Gasteiger partial charge in [-0.05, 0) is 48.7 Å². The topological polar surface area (TPSA) is 76.0 Å². The van der Waals surface area contributed by atoms with Crippen molar-refractivity contribution in [3.8, 4) is 11.5 Å². The highest BCUT2D eigenvalue weighted by molar-refractivity contribution is 5.69. The molecule has 27 heavy (non-hydrogen) atoms. The van der Waals surface area contributed by atoms with Gasteiger partial charge < -0.3 is 19.7 Å². The third-order valence-corrected chi connectivity index (χ3v) is 5.03. The predicted octanol–water partition coefficient (Wildman–Crippen LogP) is 4.15. The molecule has 2 rings (SSSR count). The van der Waals surface area contributed by atoms with E-state index in [-0.39, 0.29) is 30.0 Å². The van der Waals surface area contributed by atoms with E-state index in [0.717, 1.165) is 11.1 Å². The van der Waals surface area contributed by atoms with Gasteiger partial charge in [0.05, 0.1) is 12.7 Å². The van der Waals surface area contributed by atoms with Crippen LogP contribution in [0.15, 0.2) is 48.5 Å². The molecule has 2 N–H and O–H groups in total. The lowest BCUT2D eigenvalue weighted by Crippen LogP contribution is -2.25. The molecule has 5 heteroatoms. The van der Waals surface area contributed by atoms with Crippen LogP contribution in [0.3, 0.4) is 0 Å². The number of carbonyl (C=O) groups is 1. The van der Waals surface area contributed by atoms with Crippen molar-refractivity contribution in [1.82, 2.24) is 0 Å². The fourth-order valence-corrected chi connectivity index (χ4v) is 2.99. The van der Waals surface area contributed by atoms with Gasteiger partial charge in [-0.25, -0.2) is 0 Å². The highest BCUT2D eigenvalue weighted by Crippen LogP contribution is 2.37. The van der Waals surface area contributed by atoms with Gasteiger partial charge in [0.15, 0.2) is 0 Å². The molecule has 0 heterocycles. The molecular formula is C22H28O5. The molecule has 0 aliphatic rings. The van der Waals surface area contributed by atoms with Gasteiger partial charge in [0.25, 0.3) is 0 Å². The average Bonchev–Trinajstić information content (AvgIpc) is 2.67. The first-order valence-corrected chi connectivity index (χ1v) is 9.12. The molecule has 0 saturated heterocycles. The van der Waals surface area contributed by atoms with Crippen molar-refractivity contribution >= 4 is 5.97 Å². The summed E-state index contributed by atoms with van der Waals surface area (Å²) in [6.07, 6.45) is 1.52. The summed E-state index contributed by atoms with van der Waals surface area (Å²) in [4.78, 5) is 12.2. The monoisotopic (exact) mass is 372 g/mol. The summed E-state index contributed by atoms with van der Waals surface area (Å²) in [6.45, 7) is 4.32. The zero-order valence-electron chi connectivity index (χ0n) is 16.1. The van der Waals surface area contributed by atoms with Crippen molar-refractivity contribution in [2.24, 2.45) is 0 Å². The number of hydrogen-bond donors (Lipinski definition) is 2. The quantitative estimate of drug-likeness (QED) is 0.647. The van der Waals surface area contributed by atoms with E-state index in [9.17, 15) is 15.0 Å². The minimum absolute atomic E-state index is 0.0528. The summed E-state index contributed by atoms with van der Waals surface area (Å²) in [6, 6.07) is 14.0. The van der Waals surface area contributed by atoms with E-state index in [4.69, 9.17) is 9.47 Å². The van der Waals surface area contributed by atoms with Crippen molar-refractivity contribution in [2.75, 3.05) is 13.7 Å². The third kappa shape index (κ3) is 5.73. The van der Waals surface area contributed by atoms with Crippen LogP contribution >= 0.6 is 0 Å². The Morgan fingerprint density at radius 3 is 1.93 bits per heavy atom. The molecule has 0 radical (unpaired) electrons. The number of phenols is 2. The molecule has 1 atom stereocenters. The molecule has 1 unspecified atom stereocenters. The molecular weight excluding hydrogens is 344 g/mol. The van der Waals surface area contributed by atoms with Crippen LogP contribution in [0.25, 0.3) is 0 Å². The van der Waals surface area contributed by atoms with Gasteiger partial charge in [-0.3, -0.25) is 4.79 Å². The normalized spacial score (nSPS) is 12.6. The Bertz CT molecular complexity index is 676. The van der Waals surface area contributed by atoms with Gasteiger partial charge in [-0.2, -0.15) is 0 Å². The Morgan fingerprint density at radius 1 is 1.00 bits per heavy atom. The van der Waals surface area contributed by atoms with Crippen LogP contribution in [0.2, 0.25) is 0 Å². The summed E-state index contributed by atoms with van der Waals surface area (Å²) in [7, 11) is 1.63. The Morgan fingerprint density at radius 2 is 1.48 bits per heavy atom. The second-order valence-corrected chi connectivity index (χ2v) is 6.98. The standard InChI is InChI=1S/C22H28O5/c1-16(26-3)13-15-27-21(25)12-14-22(2,17-4-8-19(23)9-5-17)18-6-10-20(24)11-7-18/h4-11,16,23-24H,12-15H2,1-3H3. The maximum atomic E-state index is 12.2. The molecule has 0 amide bonds. The van der Waals surface area contributed by atoms with Gasteiger partial charge in [-0.15, -0.1) is 0 Å². The Kier molecular flexibility index (Phi) is 7.25. The fourth-order valence-electron chi connectivity index (χ4n) is 2.99. The van der Waals surface area contributed by atoms with E-state index in [2.05, 4.69) is 0 Å². The number of aromatic hydroxyl groups is 2. The van der Waals surface area contributed by atoms with Crippen LogP contribution in [-0.4, -0.2) is 36.0 Å². The molecule has 0 saturated carbocycles. The summed E-state index contributed by atoms with van der Waals surface area (Å²) in [5.74, 6) is 0.138. The SMILES string of the molecule is COC(C)CCOC(=O)CCC(C)(c1ccc(O)cc1)c1ccc(O)cc1. The van der Waals surface area contributed by atoms with E-state index in [1.807, 2.05) is 38.1 Å². The first-order chi connectivity index (χ1) is 12.8. The molecule has 146 valence electrons. The van der Waals surface area contributed by atoms with Gasteiger partial charge in [-0.1, -0.05) is 31.2 Å². The fraction of sp³-hybridized carbons (Fsp3) is 0.409. The minimum atomic E-state index is -0.458. The Hall–Kier alpha value is -2.53. The van der Waals surface area contributed by atoms with Gasteiger partial charge in [0.2, 0.25) is 0 Å². The van der Waals surface area contributed by atoms with Crippen LogP contribution in [0.4, 0.5) is 0 Å². The lowest BCUT2D eigenvalue weighted by molar-refractivity contribution is -0.144. The van der Waals surface area contributed by atoms with E-state index in [1.165, 1.54) is 0 Å². The molecule has 2 aromatic carbocycles. The van der Waals surface area contributed by atoms with Crippen molar-refractivity contribution in [3.05, 3.63) is 59.7 Å². The summed E-state index contributed by atoms with van der Waals surface area (Å²) < 4.78 is 10.5. The van der Waals surface area contributed by atoms with E-state index in [1.54, 1.807) is 31.4 Å². The first kappa shape index (κ1) is 20.8. The van der Waals surface area contributed by atoms with Crippen LogP contribution in [0.1, 0.15) is 44.2 Å². The molecule has 0 spiro atoms. The zero-order valence-corrected chi connectivity index (χ0v) is 16.1. The van der Waals surface area contributed by atoms with Crippen LogP contribution < -0.4 is 0 Å². The van der Waals surface area contributed by atoms with Crippen molar-refractivity contribution in [3.63, 3.8) is 0 Å². The molecule has 0 fully saturated rings. The number of ether oxygens (including phenoxy) is 2. The molecule has 0 bridgehead atoms. The maximum Gasteiger partial charge on any atom is 0.305 e. The molecule has 0 aliphatic heterocycles. The van der Waals surface area contributed by atoms with Gasteiger partial charge >= 0.3 is 5.97 Å². The van der Waals surface area contributed by atoms with Gasteiger partial charge in [0.1, 0.15) is 11.5 Å². The number of carbonyl (C=O) groups excluding carboxylic acids is 1. The Labute approximate surface area is 160 Å². The van der Waals surface area contributed by atoms with Crippen molar-refractivity contribution in [1.29, 1.82) is 0 Å². The number of esters is 1. The highest BCUT2D eigenvalue weighted by Gasteiger charge is 2.30. The largest absolute Gasteiger partial charge is 0.508 e. The smallest absolute Gasteiger partial charge is 0.305 e. The second kappa shape index (κ2) is 9.42. The minimum Gasteiger partial charge on any atom is -0.508 e. The van der Waals surface area contributed by atoms with Crippen molar-refractivity contribution < 1.29 is 24.5 Å². The lowest BCUT2D eigenvalue weighted by Gasteiger charge is -2.31. The van der Waals surface area contributed by atoms with Crippen molar-refractivity contribution in [2.45, 2.75) is 44.6 Å². The second-order valence-electron chi connectivity index (χ2n) is 6.98. The molecule has 5 nitrogen and oxygen atoms in total. The predicted molar refractivity (Wildman–Crippen MR) is 104 cm³/mol. The molecule has 0 aliphatic carbocycles. The number of rotatable bonds is 9. The summed E-state index contributed by atoms with van der Waals surface area (Å²) >= 11 is 0. The van der Waals surface area contributed by atoms with Crippen LogP contribution in [0.5, 0.6) is 11.5 Å². The number of benzene rings is 2. The summed E-state index contributed by atoms with van der Waals surface area (Å²) in [5, 5.41) is 19.2. The number of phenolic OH excluding ortho intramolecular Hbond substituents is 2. The van der Waals surface area contributed by atoms with Crippen LogP contribution in [-0.2, 0) is 19.7 Å². The maximum absolute atomic E-state index is 12.2. The van der Waals surface area contributed by atoms with Gasteiger partial charge in [0, 0.05) is 25.4 Å². The Balaban J connectivity index is 2.12. The number of methoxy groups -OCH3 is 1. The van der Waals surface area contributed by atoms with E-state index >= 15 is 0 Å². The number of hydrogen-bond acceptors (Lipinski definition) is 5. The van der Waals surface area contributed by atoms with E-state index in [0.29, 0.717) is 19.4 Å². The van der Waals surface area contributed by atoms with E-state index < -0.39 is 5.41 Å². The average molecular weight is 372 g/mol.